The van der Waals surface area contributed by atoms with Gasteiger partial charge in [0.2, 0.25) is 11.8 Å². The number of fused-ring (bicyclic) bond motifs is 1. The predicted molar refractivity (Wildman–Crippen MR) is 109 cm³/mol. The molecule has 1 atom stereocenters. The van der Waals surface area contributed by atoms with Crippen LogP contribution in [-0.2, 0) is 0 Å². The molecule has 30 heavy (non-hydrogen) atoms. The van der Waals surface area contributed by atoms with E-state index < -0.39 is 5.92 Å². The Hall–Kier alpha value is -4.12. The van der Waals surface area contributed by atoms with Crippen molar-refractivity contribution < 1.29 is 19.3 Å². The zero-order chi connectivity index (χ0) is 21.3. The highest BCUT2D eigenvalue weighted by molar-refractivity contribution is 5.71. The summed E-state index contributed by atoms with van der Waals surface area (Å²) >= 11 is 0. The van der Waals surface area contributed by atoms with Gasteiger partial charge in [0.25, 0.3) is 0 Å². The van der Waals surface area contributed by atoms with Crippen LogP contribution in [0.2, 0.25) is 0 Å². The lowest BCUT2D eigenvalue weighted by molar-refractivity contribution is 0.340. The summed E-state index contributed by atoms with van der Waals surface area (Å²) in [4.78, 5) is 0. The minimum atomic E-state index is -0.573. The molecule has 2 aromatic carbocycles. The van der Waals surface area contributed by atoms with Crippen LogP contribution < -0.4 is 19.9 Å². The van der Waals surface area contributed by atoms with E-state index in [-0.39, 0.29) is 23.1 Å². The van der Waals surface area contributed by atoms with Gasteiger partial charge in [-0.25, -0.2) is 0 Å². The molecule has 0 fully saturated rings. The van der Waals surface area contributed by atoms with Crippen molar-refractivity contribution in [1.29, 1.82) is 5.26 Å². The molecule has 0 radical (unpaired) electrons. The number of benzene rings is 2. The molecule has 8 heteroatoms. The van der Waals surface area contributed by atoms with Gasteiger partial charge in [-0.2, -0.15) is 5.26 Å². The number of phenols is 1. The van der Waals surface area contributed by atoms with E-state index >= 15 is 0 Å². The van der Waals surface area contributed by atoms with Crippen molar-refractivity contribution in [2.75, 3.05) is 13.7 Å². The third kappa shape index (κ3) is 3.16. The number of hydrogen-bond donors (Lipinski definition) is 3. The van der Waals surface area contributed by atoms with Gasteiger partial charge in [-0.1, -0.05) is 6.07 Å². The molecule has 1 aliphatic rings. The average Bonchev–Trinajstić information content (AvgIpc) is 3.16. The molecule has 0 unspecified atom stereocenters. The van der Waals surface area contributed by atoms with Crippen molar-refractivity contribution >= 4 is 0 Å². The Morgan fingerprint density at radius 2 is 2.03 bits per heavy atom. The van der Waals surface area contributed by atoms with Gasteiger partial charge in [0.05, 0.1) is 30.9 Å². The number of aromatic hydroxyl groups is 1. The van der Waals surface area contributed by atoms with Crippen LogP contribution in [0.3, 0.4) is 0 Å². The summed E-state index contributed by atoms with van der Waals surface area (Å²) in [5.74, 6) is 0.747. The molecule has 0 amide bonds. The summed E-state index contributed by atoms with van der Waals surface area (Å²) in [7, 11) is 1.47. The van der Waals surface area contributed by atoms with Gasteiger partial charge in [0, 0.05) is 5.56 Å². The molecule has 152 valence electrons. The van der Waals surface area contributed by atoms with Crippen LogP contribution in [0.15, 0.2) is 53.9 Å². The molecule has 0 saturated heterocycles. The molecular formula is C22H20N4O4. The highest BCUT2D eigenvalue weighted by atomic mass is 16.5. The van der Waals surface area contributed by atoms with Gasteiger partial charge < -0.3 is 25.1 Å². The van der Waals surface area contributed by atoms with Crippen LogP contribution in [0.25, 0.3) is 11.3 Å². The normalized spacial score (nSPS) is 15.2. The second-order valence-electron chi connectivity index (χ2n) is 6.63. The fourth-order valence-electron chi connectivity index (χ4n) is 3.57. The number of H-pyrrole nitrogens is 1. The van der Waals surface area contributed by atoms with Crippen molar-refractivity contribution in [2.45, 2.75) is 12.8 Å². The largest absolute Gasteiger partial charge is 0.504 e. The van der Waals surface area contributed by atoms with E-state index in [1.165, 1.54) is 7.11 Å². The summed E-state index contributed by atoms with van der Waals surface area (Å²) in [5.41, 5.74) is 9.09. The van der Waals surface area contributed by atoms with E-state index in [1.807, 2.05) is 31.2 Å². The predicted octanol–water partition coefficient (Wildman–Crippen LogP) is 3.41. The fraction of sp³-hybridized carbons (Fsp3) is 0.182. The number of phenolic OH excluding ortho intramolecular Hbond substituents is 1. The zero-order valence-corrected chi connectivity index (χ0v) is 16.5. The number of allylic oxidation sites excluding steroid dienone is 1. The molecule has 4 rings (SSSR count). The van der Waals surface area contributed by atoms with Crippen LogP contribution in [0.4, 0.5) is 0 Å². The number of aromatic nitrogens is 2. The van der Waals surface area contributed by atoms with Crippen molar-refractivity contribution in [3.05, 3.63) is 65.0 Å². The van der Waals surface area contributed by atoms with Crippen molar-refractivity contribution in [3.63, 3.8) is 0 Å². The summed E-state index contributed by atoms with van der Waals surface area (Å²) in [6.07, 6.45) is 0. The van der Waals surface area contributed by atoms with E-state index in [1.54, 1.807) is 18.2 Å². The number of nitrogens with one attached hydrogen (secondary N) is 1. The second-order valence-corrected chi connectivity index (χ2v) is 6.63. The van der Waals surface area contributed by atoms with Gasteiger partial charge in [0.1, 0.15) is 17.4 Å². The molecule has 2 heterocycles. The van der Waals surface area contributed by atoms with Crippen LogP contribution >= 0.6 is 0 Å². The van der Waals surface area contributed by atoms with E-state index in [0.29, 0.717) is 29.2 Å². The Morgan fingerprint density at radius 1 is 1.27 bits per heavy atom. The standard InChI is InChI=1S/C22H20N4O4/c1-3-29-14-7-4-12(5-8-14)20-19-18(13-6-9-17(28-2)16(27)10-13)15(11-23)21(24)30-22(19)26-25-20/h4-10,18,27H,3,24H2,1-2H3,(H,25,26)/t18-/m1/s1. The number of hydrogen-bond acceptors (Lipinski definition) is 7. The minimum Gasteiger partial charge on any atom is -0.504 e. The lowest BCUT2D eigenvalue weighted by atomic mass is 9.83. The van der Waals surface area contributed by atoms with Gasteiger partial charge in [-0.15, -0.1) is 5.10 Å². The third-order valence-electron chi connectivity index (χ3n) is 4.93. The Balaban J connectivity index is 1.86. The number of aromatic amines is 1. The molecule has 0 aliphatic carbocycles. The van der Waals surface area contributed by atoms with Gasteiger partial charge >= 0.3 is 0 Å². The topological polar surface area (TPSA) is 126 Å². The zero-order valence-electron chi connectivity index (χ0n) is 16.5. The molecular weight excluding hydrogens is 384 g/mol. The van der Waals surface area contributed by atoms with Crippen molar-refractivity contribution in [1.82, 2.24) is 10.2 Å². The summed E-state index contributed by atoms with van der Waals surface area (Å²) in [6.45, 7) is 2.50. The van der Waals surface area contributed by atoms with Crippen LogP contribution in [-0.4, -0.2) is 29.0 Å². The van der Waals surface area contributed by atoms with Crippen molar-refractivity contribution in [2.24, 2.45) is 5.73 Å². The SMILES string of the molecule is CCOc1ccc(-c2[nH]nc3c2[C@H](c2ccc(OC)c(O)c2)C(C#N)=C(N)O3)cc1. The Kier molecular flexibility index (Phi) is 4.94. The summed E-state index contributed by atoms with van der Waals surface area (Å²) in [5, 5.41) is 27.3. The van der Waals surface area contributed by atoms with Crippen LogP contribution in [0.5, 0.6) is 23.1 Å². The van der Waals surface area contributed by atoms with Crippen LogP contribution in [0, 0.1) is 11.3 Å². The average molecular weight is 404 g/mol. The van der Waals surface area contributed by atoms with E-state index in [4.69, 9.17) is 19.9 Å². The number of ether oxygens (including phenoxy) is 3. The molecule has 0 bridgehead atoms. The summed E-state index contributed by atoms with van der Waals surface area (Å²) < 4.78 is 16.2. The minimum absolute atomic E-state index is 0.0185. The molecule has 4 N–H and O–H groups in total. The Labute approximate surface area is 173 Å². The quantitative estimate of drug-likeness (QED) is 0.595. The smallest absolute Gasteiger partial charge is 0.244 e. The second kappa shape index (κ2) is 7.72. The third-order valence-corrected chi connectivity index (χ3v) is 4.93. The monoisotopic (exact) mass is 404 g/mol. The first-order valence-corrected chi connectivity index (χ1v) is 9.33. The highest BCUT2D eigenvalue weighted by Crippen LogP contribution is 2.46. The highest BCUT2D eigenvalue weighted by Gasteiger charge is 2.36. The molecule has 3 aromatic rings. The first-order valence-electron chi connectivity index (χ1n) is 9.33. The number of rotatable bonds is 5. The lowest BCUT2D eigenvalue weighted by Gasteiger charge is -2.24. The molecule has 0 saturated carbocycles. The maximum atomic E-state index is 10.3. The molecule has 0 spiro atoms. The van der Waals surface area contributed by atoms with Crippen molar-refractivity contribution in [3.8, 4) is 40.5 Å². The number of methoxy groups -OCH3 is 1. The van der Waals surface area contributed by atoms with Gasteiger partial charge in [0.15, 0.2) is 11.5 Å². The van der Waals surface area contributed by atoms with E-state index in [0.717, 1.165) is 11.3 Å². The molecule has 1 aromatic heterocycles. The molecule has 1 aliphatic heterocycles. The molecule has 8 nitrogen and oxygen atoms in total. The van der Waals surface area contributed by atoms with Gasteiger partial charge in [-0.3, -0.25) is 5.10 Å². The Morgan fingerprint density at radius 3 is 2.67 bits per heavy atom. The maximum Gasteiger partial charge on any atom is 0.244 e. The maximum absolute atomic E-state index is 10.3. The van der Waals surface area contributed by atoms with E-state index in [9.17, 15) is 10.4 Å². The fourth-order valence-corrected chi connectivity index (χ4v) is 3.57. The van der Waals surface area contributed by atoms with Gasteiger partial charge in [-0.05, 0) is 48.9 Å². The first-order chi connectivity index (χ1) is 14.6. The lowest BCUT2D eigenvalue weighted by Crippen LogP contribution is -2.21. The summed E-state index contributed by atoms with van der Waals surface area (Å²) in [6, 6.07) is 14.6. The Bertz CT molecular complexity index is 1160. The van der Waals surface area contributed by atoms with Crippen LogP contribution in [0.1, 0.15) is 24.0 Å². The number of nitrogens with zero attached hydrogens (tertiary/aromatic N) is 2. The number of nitrogens with two attached hydrogens (primary N) is 1. The first kappa shape index (κ1) is 19.2. The van der Waals surface area contributed by atoms with E-state index in [2.05, 4.69) is 16.3 Å². The number of nitriles is 1.